The van der Waals surface area contributed by atoms with E-state index in [1.54, 1.807) is 15.8 Å². The molecule has 1 fully saturated rings. The summed E-state index contributed by atoms with van der Waals surface area (Å²) in [6.07, 6.45) is 5.87. The van der Waals surface area contributed by atoms with Gasteiger partial charge < -0.3 is 14.5 Å². The van der Waals surface area contributed by atoms with E-state index in [1.165, 1.54) is 12.0 Å². The van der Waals surface area contributed by atoms with Crippen molar-refractivity contribution < 1.29 is 9.53 Å². The number of nitrogens with zero attached hydrogens (tertiary/aromatic N) is 6. The number of rotatable bonds is 3. The van der Waals surface area contributed by atoms with Crippen LogP contribution in [0.5, 0.6) is 5.88 Å². The summed E-state index contributed by atoms with van der Waals surface area (Å²) in [5, 5.41) is 13.0. The molecule has 1 saturated heterocycles. The van der Waals surface area contributed by atoms with Crippen LogP contribution in [-0.2, 0) is 19.4 Å². The summed E-state index contributed by atoms with van der Waals surface area (Å²) in [6.45, 7) is 3.00. The van der Waals surface area contributed by atoms with Gasteiger partial charge in [-0.2, -0.15) is 10.2 Å². The van der Waals surface area contributed by atoms with Crippen molar-refractivity contribution in [2.24, 2.45) is 0 Å². The predicted octanol–water partition coefficient (Wildman–Crippen LogP) is 0.905. The molecule has 0 spiro atoms. The van der Waals surface area contributed by atoms with E-state index < -0.39 is 0 Å². The van der Waals surface area contributed by atoms with Gasteiger partial charge in [0.25, 0.3) is 5.91 Å². The van der Waals surface area contributed by atoms with Crippen molar-refractivity contribution in [2.75, 3.05) is 31.6 Å². The molecule has 136 valence electrons. The lowest BCUT2D eigenvalue weighted by atomic mass is 10.1. The lowest BCUT2D eigenvalue weighted by molar-refractivity contribution is 0.0698. The molecule has 8 nitrogen and oxygen atoms in total. The second-order valence-corrected chi connectivity index (χ2v) is 7.29. The largest absolute Gasteiger partial charge is 0.477 e. The van der Waals surface area contributed by atoms with Crippen molar-refractivity contribution in [3.63, 3.8) is 0 Å². The first-order valence-electron chi connectivity index (χ1n) is 9.27. The molecule has 0 radical (unpaired) electrons. The van der Waals surface area contributed by atoms with Crippen LogP contribution in [-0.4, -0.2) is 63.6 Å². The minimum Gasteiger partial charge on any atom is -0.477 e. The number of aryl methyl sites for hydroxylation is 3. The van der Waals surface area contributed by atoms with E-state index in [0.29, 0.717) is 18.1 Å². The van der Waals surface area contributed by atoms with Crippen LogP contribution >= 0.6 is 0 Å². The number of hydrogen-bond donors (Lipinski definition) is 0. The van der Waals surface area contributed by atoms with E-state index in [-0.39, 0.29) is 11.9 Å². The first kappa shape index (κ1) is 15.6. The highest BCUT2D eigenvalue weighted by Gasteiger charge is 2.36. The van der Waals surface area contributed by atoms with Crippen LogP contribution < -0.4 is 9.64 Å². The van der Waals surface area contributed by atoms with Gasteiger partial charge in [-0.25, -0.2) is 4.68 Å². The normalized spacial score (nSPS) is 18.7. The summed E-state index contributed by atoms with van der Waals surface area (Å²) in [5.41, 5.74) is 3.03. The first-order chi connectivity index (χ1) is 12.7. The second-order valence-electron chi connectivity index (χ2n) is 7.29. The van der Waals surface area contributed by atoms with Crippen LogP contribution in [0.1, 0.15) is 34.5 Å². The third-order valence-electron chi connectivity index (χ3n) is 5.64. The first-order valence-corrected chi connectivity index (χ1v) is 9.27. The maximum atomic E-state index is 12.9. The van der Waals surface area contributed by atoms with Gasteiger partial charge in [-0.05, 0) is 30.9 Å². The highest BCUT2D eigenvalue weighted by molar-refractivity contribution is 5.96. The average Bonchev–Trinajstić information content (AvgIpc) is 3.26. The van der Waals surface area contributed by atoms with Crippen LogP contribution in [0.25, 0.3) is 0 Å². The van der Waals surface area contributed by atoms with E-state index in [1.807, 2.05) is 7.05 Å². The second kappa shape index (κ2) is 5.96. The van der Waals surface area contributed by atoms with Crippen molar-refractivity contribution in [3.05, 3.63) is 29.1 Å². The lowest BCUT2D eigenvalue weighted by Crippen LogP contribution is -2.60. The number of anilines is 1. The van der Waals surface area contributed by atoms with Crippen molar-refractivity contribution >= 4 is 11.7 Å². The highest BCUT2D eigenvalue weighted by atomic mass is 16.5. The zero-order chi connectivity index (χ0) is 17.7. The molecule has 1 amide bonds. The number of ether oxygens (including phenoxy) is 1. The molecule has 0 bridgehead atoms. The zero-order valence-corrected chi connectivity index (χ0v) is 14.9. The zero-order valence-electron chi connectivity index (χ0n) is 14.9. The molecule has 2 aromatic heterocycles. The molecular formula is C18H22N6O2. The molecule has 3 aliphatic rings. The van der Waals surface area contributed by atoms with E-state index in [9.17, 15) is 4.79 Å². The van der Waals surface area contributed by atoms with Crippen molar-refractivity contribution in [1.29, 1.82) is 0 Å². The summed E-state index contributed by atoms with van der Waals surface area (Å²) in [4.78, 5) is 16.8. The molecule has 0 aromatic carbocycles. The summed E-state index contributed by atoms with van der Waals surface area (Å²) >= 11 is 0. The molecular weight excluding hydrogens is 332 g/mol. The van der Waals surface area contributed by atoms with Gasteiger partial charge in [0.2, 0.25) is 5.88 Å². The fraction of sp³-hybridized carbons (Fsp3) is 0.556. The van der Waals surface area contributed by atoms with Crippen LogP contribution in [0.3, 0.4) is 0 Å². The van der Waals surface area contributed by atoms with E-state index in [2.05, 4.69) is 26.3 Å². The number of likely N-dealkylation sites (N-methyl/N-ethyl adjacent to an activating group) is 1. The Hall–Kier alpha value is -2.64. The number of amides is 1. The molecule has 4 heterocycles. The quantitative estimate of drug-likeness (QED) is 0.815. The summed E-state index contributed by atoms with van der Waals surface area (Å²) in [6, 6.07) is 2.33. The number of aromatic nitrogens is 4. The summed E-state index contributed by atoms with van der Waals surface area (Å²) in [7, 11) is 1.85. The predicted molar refractivity (Wildman–Crippen MR) is 94.5 cm³/mol. The van der Waals surface area contributed by atoms with E-state index in [4.69, 9.17) is 4.74 Å². The Morgan fingerprint density at radius 3 is 3.04 bits per heavy atom. The van der Waals surface area contributed by atoms with Crippen LogP contribution in [0.2, 0.25) is 0 Å². The third kappa shape index (κ3) is 2.43. The van der Waals surface area contributed by atoms with Crippen molar-refractivity contribution in [3.8, 4) is 5.88 Å². The standard InChI is InChI=1S/C18H22N6O2/c1-22(17(25)14-9-19-24-6-3-7-26-18(14)24)13-10-23(11-13)16-8-12-4-2-5-15(12)20-21-16/h8-9,13H,2-7,10-11H2,1H3. The molecule has 2 aromatic rings. The van der Waals surface area contributed by atoms with Crippen molar-refractivity contribution in [2.45, 2.75) is 38.3 Å². The fourth-order valence-corrected chi connectivity index (χ4v) is 3.93. The van der Waals surface area contributed by atoms with Crippen LogP contribution in [0, 0.1) is 0 Å². The van der Waals surface area contributed by atoms with Gasteiger partial charge in [-0.1, -0.05) is 0 Å². The number of fused-ring (bicyclic) bond motifs is 2. The van der Waals surface area contributed by atoms with Gasteiger partial charge in [0.15, 0.2) is 5.82 Å². The topological polar surface area (TPSA) is 76.4 Å². The number of hydrogen-bond acceptors (Lipinski definition) is 6. The Balaban J connectivity index is 1.26. The Labute approximate surface area is 151 Å². The lowest BCUT2D eigenvalue weighted by Gasteiger charge is -2.44. The van der Waals surface area contributed by atoms with Gasteiger partial charge in [-0.15, -0.1) is 5.10 Å². The average molecular weight is 354 g/mol. The Morgan fingerprint density at radius 1 is 1.27 bits per heavy atom. The highest BCUT2D eigenvalue weighted by Crippen LogP contribution is 2.28. The molecule has 5 rings (SSSR count). The van der Waals surface area contributed by atoms with E-state index >= 15 is 0 Å². The maximum Gasteiger partial charge on any atom is 0.261 e. The van der Waals surface area contributed by atoms with Crippen LogP contribution in [0.15, 0.2) is 12.3 Å². The number of carbonyl (C=O) groups excluding carboxylic acids is 1. The van der Waals surface area contributed by atoms with Crippen molar-refractivity contribution in [1.82, 2.24) is 24.9 Å². The Kier molecular flexibility index (Phi) is 3.58. The van der Waals surface area contributed by atoms with Gasteiger partial charge in [-0.3, -0.25) is 4.79 Å². The molecule has 8 heteroatoms. The van der Waals surface area contributed by atoms with Crippen LogP contribution in [0.4, 0.5) is 5.82 Å². The van der Waals surface area contributed by atoms with Gasteiger partial charge in [0, 0.05) is 33.1 Å². The molecule has 0 saturated carbocycles. The molecule has 1 aliphatic carbocycles. The third-order valence-corrected chi connectivity index (χ3v) is 5.64. The minimum atomic E-state index is -0.0298. The van der Waals surface area contributed by atoms with Gasteiger partial charge in [0.05, 0.1) is 24.5 Å². The maximum absolute atomic E-state index is 12.9. The monoisotopic (exact) mass is 354 g/mol. The SMILES string of the molecule is CN(C(=O)c1cnn2c1OCCC2)C1CN(c2cc3c(nn2)CCC3)C1. The van der Waals surface area contributed by atoms with Gasteiger partial charge in [0.1, 0.15) is 5.56 Å². The molecule has 26 heavy (non-hydrogen) atoms. The molecule has 0 N–H and O–H groups in total. The van der Waals surface area contributed by atoms with E-state index in [0.717, 1.165) is 50.4 Å². The summed E-state index contributed by atoms with van der Waals surface area (Å²) in [5.74, 6) is 1.50. The molecule has 0 unspecified atom stereocenters. The fourth-order valence-electron chi connectivity index (χ4n) is 3.93. The summed E-state index contributed by atoms with van der Waals surface area (Å²) < 4.78 is 7.43. The smallest absolute Gasteiger partial charge is 0.261 e. The minimum absolute atomic E-state index is 0.0298. The Bertz CT molecular complexity index is 857. The van der Waals surface area contributed by atoms with Gasteiger partial charge >= 0.3 is 0 Å². The number of carbonyl (C=O) groups is 1. The Morgan fingerprint density at radius 2 is 2.15 bits per heavy atom. The molecule has 2 aliphatic heterocycles. The molecule has 0 atom stereocenters.